The zero-order valence-corrected chi connectivity index (χ0v) is 10.9. The maximum atomic E-state index is 14.0. The molecule has 19 heavy (non-hydrogen) atoms. The quantitative estimate of drug-likeness (QED) is 0.381. The van der Waals surface area contributed by atoms with Crippen molar-refractivity contribution in [2.24, 2.45) is 22.7 Å². The monoisotopic (exact) mass is 269 g/mol. The van der Waals surface area contributed by atoms with Gasteiger partial charge in [0, 0.05) is 19.2 Å². The van der Waals surface area contributed by atoms with Gasteiger partial charge in [-0.3, -0.25) is 0 Å². The highest BCUT2D eigenvalue weighted by atomic mass is 19.1. The molecule has 1 fully saturated rings. The van der Waals surface area contributed by atoms with Crippen molar-refractivity contribution in [3.05, 3.63) is 29.3 Å². The molecule has 1 aromatic carbocycles. The first-order valence-electron chi connectivity index (χ1n) is 6.12. The summed E-state index contributed by atoms with van der Waals surface area (Å²) in [6, 6.07) is 2.14. The van der Waals surface area contributed by atoms with Crippen molar-refractivity contribution in [3.8, 4) is 0 Å². The number of benzene rings is 1. The van der Waals surface area contributed by atoms with Crippen LogP contribution in [0.5, 0.6) is 0 Å². The van der Waals surface area contributed by atoms with E-state index in [2.05, 4.69) is 12.1 Å². The van der Waals surface area contributed by atoms with Crippen LogP contribution in [0.2, 0.25) is 0 Å². The van der Waals surface area contributed by atoms with E-state index in [1.807, 2.05) is 0 Å². The van der Waals surface area contributed by atoms with Crippen molar-refractivity contribution < 1.29 is 14.0 Å². The zero-order chi connectivity index (χ0) is 14.2. The van der Waals surface area contributed by atoms with Crippen LogP contribution in [-0.4, -0.2) is 24.6 Å². The van der Waals surface area contributed by atoms with E-state index in [1.54, 1.807) is 11.9 Å². The van der Waals surface area contributed by atoms with E-state index < -0.39 is 11.6 Å². The largest absolute Gasteiger partial charge is 0.409 e. The Hall–Kier alpha value is -1.85. The van der Waals surface area contributed by atoms with Crippen LogP contribution in [0, 0.1) is 23.5 Å². The minimum absolute atomic E-state index is 0.0226. The van der Waals surface area contributed by atoms with Gasteiger partial charge in [0.15, 0.2) is 5.84 Å². The molecule has 0 bridgehead atoms. The Morgan fingerprint density at radius 1 is 1.47 bits per heavy atom. The summed E-state index contributed by atoms with van der Waals surface area (Å²) in [6.45, 7) is 2.74. The van der Waals surface area contributed by atoms with Gasteiger partial charge in [0.1, 0.15) is 17.3 Å². The van der Waals surface area contributed by atoms with E-state index in [9.17, 15) is 8.78 Å². The minimum atomic E-state index is -0.711. The topological polar surface area (TPSA) is 61.8 Å². The molecule has 0 amide bonds. The fourth-order valence-corrected chi connectivity index (χ4v) is 2.23. The van der Waals surface area contributed by atoms with Crippen LogP contribution < -0.4 is 10.6 Å². The fourth-order valence-electron chi connectivity index (χ4n) is 2.23. The number of amidine groups is 1. The summed E-state index contributed by atoms with van der Waals surface area (Å²) in [7, 11) is 1.66. The highest BCUT2D eigenvalue weighted by Gasteiger charge is 2.34. The van der Waals surface area contributed by atoms with E-state index in [0.717, 1.165) is 18.6 Å². The molecule has 0 spiro atoms. The molecule has 0 saturated heterocycles. The number of nitrogens with two attached hydrogens (primary N) is 1. The molecule has 0 radical (unpaired) electrons. The number of oxime groups is 1. The zero-order valence-electron chi connectivity index (χ0n) is 10.9. The van der Waals surface area contributed by atoms with E-state index in [1.165, 1.54) is 0 Å². The normalized spacial score (nSPS) is 22.4. The Kier molecular flexibility index (Phi) is 3.59. The third-order valence-corrected chi connectivity index (χ3v) is 3.59. The lowest BCUT2D eigenvalue weighted by atomic mass is 10.1. The minimum Gasteiger partial charge on any atom is -0.409 e. The first kappa shape index (κ1) is 13.6. The maximum Gasteiger partial charge on any atom is 0.170 e. The predicted molar refractivity (Wildman–Crippen MR) is 69.4 cm³/mol. The molecule has 0 aromatic heterocycles. The van der Waals surface area contributed by atoms with Crippen molar-refractivity contribution in [2.45, 2.75) is 13.3 Å². The number of halogens is 2. The SMILES string of the molecule is CC1CC1CN(C)c1c(F)cc(C(N)=NO)cc1F. The van der Waals surface area contributed by atoms with Gasteiger partial charge in [-0.2, -0.15) is 0 Å². The van der Waals surface area contributed by atoms with Crippen LogP contribution in [-0.2, 0) is 0 Å². The highest BCUT2D eigenvalue weighted by Crippen LogP contribution is 2.39. The Morgan fingerprint density at radius 3 is 2.42 bits per heavy atom. The van der Waals surface area contributed by atoms with Crippen molar-refractivity contribution in [3.63, 3.8) is 0 Å². The molecule has 6 heteroatoms. The highest BCUT2D eigenvalue weighted by molar-refractivity contribution is 5.97. The average Bonchev–Trinajstić information content (AvgIpc) is 3.02. The number of hydrogen-bond acceptors (Lipinski definition) is 3. The first-order valence-corrected chi connectivity index (χ1v) is 6.12. The predicted octanol–water partition coefficient (Wildman–Crippen LogP) is 2.15. The van der Waals surface area contributed by atoms with Gasteiger partial charge >= 0.3 is 0 Å². The van der Waals surface area contributed by atoms with E-state index in [4.69, 9.17) is 10.9 Å². The Bertz CT molecular complexity index is 496. The molecular formula is C13H17F2N3O. The average molecular weight is 269 g/mol. The van der Waals surface area contributed by atoms with E-state index in [0.29, 0.717) is 18.4 Å². The Morgan fingerprint density at radius 2 is 2.00 bits per heavy atom. The second-order valence-corrected chi connectivity index (χ2v) is 5.13. The summed E-state index contributed by atoms with van der Waals surface area (Å²) >= 11 is 0. The van der Waals surface area contributed by atoms with Crippen LogP contribution in [0.1, 0.15) is 18.9 Å². The van der Waals surface area contributed by atoms with Gasteiger partial charge in [-0.25, -0.2) is 8.78 Å². The lowest BCUT2D eigenvalue weighted by molar-refractivity contribution is 0.318. The molecule has 0 heterocycles. The Balaban J connectivity index is 2.25. The van der Waals surface area contributed by atoms with Gasteiger partial charge in [-0.1, -0.05) is 12.1 Å². The molecule has 1 aliphatic carbocycles. The molecule has 0 aliphatic heterocycles. The molecule has 2 rings (SSSR count). The van der Waals surface area contributed by atoms with Crippen molar-refractivity contribution in [1.29, 1.82) is 0 Å². The molecule has 2 unspecified atom stereocenters. The molecule has 1 aliphatic rings. The molecule has 104 valence electrons. The molecule has 1 aromatic rings. The number of anilines is 1. The fraction of sp³-hybridized carbons (Fsp3) is 0.462. The summed E-state index contributed by atoms with van der Waals surface area (Å²) in [6.07, 6.45) is 1.09. The van der Waals surface area contributed by atoms with Crippen LogP contribution >= 0.6 is 0 Å². The third kappa shape index (κ3) is 2.77. The van der Waals surface area contributed by atoms with Crippen molar-refractivity contribution in [2.75, 3.05) is 18.5 Å². The summed E-state index contributed by atoms with van der Waals surface area (Å²) in [5.41, 5.74) is 5.27. The smallest absolute Gasteiger partial charge is 0.170 e. The van der Waals surface area contributed by atoms with Crippen LogP contribution in [0.15, 0.2) is 17.3 Å². The van der Waals surface area contributed by atoms with Gasteiger partial charge < -0.3 is 15.8 Å². The summed E-state index contributed by atoms with van der Waals surface area (Å²) in [4.78, 5) is 1.58. The van der Waals surface area contributed by atoms with Crippen LogP contribution in [0.3, 0.4) is 0 Å². The number of rotatable bonds is 4. The van der Waals surface area contributed by atoms with Gasteiger partial charge in [0.2, 0.25) is 0 Å². The van der Waals surface area contributed by atoms with Gasteiger partial charge in [0.25, 0.3) is 0 Å². The summed E-state index contributed by atoms with van der Waals surface area (Å²) in [5.74, 6) is -0.629. The van der Waals surface area contributed by atoms with Gasteiger partial charge in [0.05, 0.1) is 0 Å². The van der Waals surface area contributed by atoms with E-state index >= 15 is 0 Å². The standard InChI is InChI=1S/C13H17F2N3O/c1-7-3-9(7)6-18(2)12-10(14)4-8(5-11(12)15)13(16)17-19/h4-5,7,9,19H,3,6H2,1-2H3,(H2,16,17). The summed E-state index contributed by atoms with van der Waals surface area (Å²) in [5, 5.41) is 11.2. The molecule has 4 nitrogen and oxygen atoms in total. The van der Waals surface area contributed by atoms with Gasteiger partial charge in [-0.15, -0.1) is 0 Å². The number of nitrogens with zero attached hydrogens (tertiary/aromatic N) is 2. The second-order valence-electron chi connectivity index (χ2n) is 5.13. The maximum absolute atomic E-state index is 14.0. The van der Waals surface area contributed by atoms with Crippen LogP contribution in [0.4, 0.5) is 14.5 Å². The summed E-state index contributed by atoms with van der Waals surface area (Å²) < 4.78 is 27.9. The second kappa shape index (κ2) is 5.03. The van der Waals surface area contributed by atoms with Crippen molar-refractivity contribution >= 4 is 11.5 Å². The molecule has 1 saturated carbocycles. The lowest BCUT2D eigenvalue weighted by Crippen LogP contribution is -2.24. The molecule has 2 atom stereocenters. The number of hydrogen-bond donors (Lipinski definition) is 2. The Labute approximate surface area is 110 Å². The van der Waals surface area contributed by atoms with Crippen molar-refractivity contribution in [1.82, 2.24) is 0 Å². The molecule has 3 N–H and O–H groups in total. The molecular weight excluding hydrogens is 252 g/mol. The third-order valence-electron chi connectivity index (χ3n) is 3.59. The lowest BCUT2D eigenvalue weighted by Gasteiger charge is -2.21. The first-order chi connectivity index (χ1) is 8.93. The van der Waals surface area contributed by atoms with Gasteiger partial charge in [-0.05, 0) is 30.4 Å². The van der Waals surface area contributed by atoms with Crippen LogP contribution in [0.25, 0.3) is 0 Å². The van der Waals surface area contributed by atoms with E-state index in [-0.39, 0.29) is 17.1 Å².